The lowest BCUT2D eigenvalue weighted by molar-refractivity contribution is -0.385. The Hall–Kier alpha value is -2.78. The number of carbonyl (C=O) groups excluding carboxylic acids is 1. The summed E-state index contributed by atoms with van der Waals surface area (Å²) in [7, 11) is -3.68. The van der Waals surface area contributed by atoms with Crippen molar-refractivity contribution in [2.75, 3.05) is 18.4 Å². The third kappa shape index (κ3) is 4.46. The monoisotopic (exact) mass is 417 g/mol. The van der Waals surface area contributed by atoms with Crippen molar-refractivity contribution >= 4 is 27.3 Å². The molecular formula is C20H23N3O5S. The van der Waals surface area contributed by atoms with Crippen LogP contribution in [0.5, 0.6) is 0 Å². The molecule has 29 heavy (non-hydrogen) atoms. The van der Waals surface area contributed by atoms with Crippen LogP contribution >= 0.6 is 0 Å². The highest BCUT2D eigenvalue weighted by Gasteiger charge is 2.28. The Labute approximate surface area is 169 Å². The molecule has 0 bridgehead atoms. The van der Waals surface area contributed by atoms with Gasteiger partial charge in [-0.2, -0.15) is 4.31 Å². The number of sulfonamides is 1. The van der Waals surface area contributed by atoms with E-state index in [1.165, 1.54) is 16.4 Å². The van der Waals surface area contributed by atoms with Crippen LogP contribution in [0.15, 0.2) is 41.3 Å². The van der Waals surface area contributed by atoms with Crippen molar-refractivity contribution in [3.8, 4) is 0 Å². The van der Waals surface area contributed by atoms with Gasteiger partial charge in [0.25, 0.3) is 11.6 Å². The number of nitrogens with zero attached hydrogens (tertiary/aromatic N) is 2. The molecule has 1 heterocycles. The first-order valence-electron chi connectivity index (χ1n) is 9.37. The lowest BCUT2D eigenvalue weighted by Crippen LogP contribution is -2.36. The fraction of sp³-hybridized carbons (Fsp3) is 0.350. The van der Waals surface area contributed by atoms with E-state index in [0.717, 1.165) is 19.3 Å². The molecule has 3 rings (SSSR count). The summed E-state index contributed by atoms with van der Waals surface area (Å²) >= 11 is 0. The van der Waals surface area contributed by atoms with Crippen molar-refractivity contribution < 1.29 is 18.1 Å². The quantitative estimate of drug-likeness (QED) is 0.590. The minimum Gasteiger partial charge on any atom is -0.322 e. The van der Waals surface area contributed by atoms with Crippen LogP contribution in [0.3, 0.4) is 0 Å². The van der Waals surface area contributed by atoms with E-state index in [0.29, 0.717) is 24.2 Å². The first kappa shape index (κ1) is 20.9. The zero-order valence-electron chi connectivity index (χ0n) is 16.3. The number of hydrogen-bond acceptors (Lipinski definition) is 5. The van der Waals surface area contributed by atoms with E-state index in [2.05, 4.69) is 5.32 Å². The maximum atomic E-state index is 13.0. The summed E-state index contributed by atoms with van der Waals surface area (Å²) < 4.78 is 27.5. The second kappa shape index (κ2) is 8.30. The van der Waals surface area contributed by atoms with Crippen LogP contribution in [-0.4, -0.2) is 36.6 Å². The SMILES string of the molecule is Cc1ccc(NC(=O)c2ccc(C)c(S(=O)(=O)N3CCCCC3)c2)cc1[N+](=O)[O-]. The highest BCUT2D eigenvalue weighted by Crippen LogP contribution is 2.26. The van der Waals surface area contributed by atoms with E-state index in [1.807, 2.05) is 0 Å². The standard InChI is InChI=1S/C20H23N3O5S/c1-14-7-9-17(13-18(14)23(25)26)21-20(24)16-8-6-15(2)19(12-16)29(27,28)22-10-4-3-5-11-22/h6-9,12-13H,3-5,10-11H2,1-2H3,(H,21,24). The number of nitro benzene ring substituents is 1. The Morgan fingerprint density at radius 1 is 1.03 bits per heavy atom. The second-order valence-corrected chi connectivity index (χ2v) is 9.06. The van der Waals surface area contributed by atoms with Gasteiger partial charge >= 0.3 is 0 Å². The van der Waals surface area contributed by atoms with Gasteiger partial charge in [-0.15, -0.1) is 0 Å². The lowest BCUT2D eigenvalue weighted by Gasteiger charge is -2.26. The molecule has 0 spiro atoms. The first-order valence-corrected chi connectivity index (χ1v) is 10.8. The molecule has 1 fully saturated rings. The molecule has 1 saturated heterocycles. The van der Waals surface area contributed by atoms with Crippen molar-refractivity contribution in [2.45, 2.75) is 38.0 Å². The fourth-order valence-electron chi connectivity index (χ4n) is 3.35. The summed E-state index contributed by atoms with van der Waals surface area (Å²) in [6.45, 7) is 4.26. The van der Waals surface area contributed by atoms with Gasteiger partial charge in [0.1, 0.15) is 0 Å². The number of amides is 1. The molecule has 1 N–H and O–H groups in total. The first-order chi connectivity index (χ1) is 13.7. The second-order valence-electron chi connectivity index (χ2n) is 7.16. The molecule has 1 aliphatic heterocycles. The van der Waals surface area contributed by atoms with E-state index in [1.54, 1.807) is 38.1 Å². The Morgan fingerprint density at radius 2 is 1.69 bits per heavy atom. The van der Waals surface area contributed by atoms with E-state index in [9.17, 15) is 23.3 Å². The number of nitrogens with one attached hydrogen (secondary N) is 1. The molecule has 0 atom stereocenters. The normalized spacial score (nSPS) is 15.1. The predicted molar refractivity (Wildman–Crippen MR) is 110 cm³/mol. The number of hydrogen-bond donors (Lipinski definition) is 1. The van der Waals surface area contributed by atoms with Crippen molar-refractivity contribution in [3.05, 3.63) is 63.2 Å². The summed E-state index contributed by atoms with van der Waals surface area (Å²) in [6.07, 6.45) is 2.66. The molecule has 9 heteroatoms. The molecule has 2 aromatic rings. The van der Waals surface area contributed by atoms with Crippen molar-refractivity contribution in [2.24, 2.45) is 0 Å². The van der Waals surface area contributed by atoms with Gasteiger partial charge in [0.05, 0.1) is 9.82 Å². The minimum atomic E-state index is -3.68. The van der Waals surface area contributed by atoms with Crippen molar-refractivity contribution in [3.63, 3.8) is 0 Å². The van der Waals surface area contributed by atoms with Gasteiger partial charge in [-0.1, -0.05) is 18.6 Å². The number of carbonyl (C=O) groups is 1. The summed E-state index contributed by atoms with van der Waals surface area (Å²) in [4.78, 5) is 23.4. The number of piperidine rings is 1. The van der Waals surface area contributed by atoms with Crippen LogP contribution < -0.4 is 5.32 Å². The van der Waals surface area contributed by atoms with Gasteiger partial charge in [-0.3, -0.25) is 14.9 Å². The summed E-state index contributed by atoms with van der Waals surface area (Å²) in [5.74, 6) is -0.529. The number of aryl methyl sites for hydroxylation is 2. The molecule has 2 aromatic carbocycles. The predicted octanol–water partition coefficient (Wildman–Crippen LogP) is 3.64. The summed E-state index contributed by atoms with van der Waals surface area (Å²) in [5.41, 5.74) is 1.40. The summed E-state index contributed by atoms with van der Waals surface area (Å²) in [5, 5.41) is 13.7. The van der Waals surface area contributed by atoms with Crippen LogP contribution in [0.4, 0.5) is 11.4 Å². The molecule has 0 saturated carbocycles. The third-order valence-electron chi connectivity index (χ3n) is 5.05. The van der Waals surface area contributed by atoms with Crippen molar-refractivity contribution in [1.82, 2.24) is 4.31 Å². The van der Waals surface area contributed by atoms with Gasteiger partial charge in [-0.05, 0) is 50.5 Å². The molecule has 8 nitrogen and oxygen atoms in total. The van der Waals surface area contributed by atoms with Crippen LogP contribution in [-0.2, 0) is 10.0 Å². The third-order valence-corrected chi connectivity index (χ3v) is 7.09. The lowest BCUT2D eigenvalue weighted by atomic mass is 10.1. The minimum absolute atomic E-state index is 0.0972. The molecule has 0 unspecified atom stereocenters. The summed E-state index contributed by atoms with van der Waals surface area (Å²) in [6, 6.07) is 8.92. The highest BCUT2D eigenvalue weighted by atomic mass is 32.2. The molecule has 1 aliphatic rings. The number of rotatable bonds is 5. The highest BCUT2D eigenvalue weighted by molar-refractivity contribution is 7.89. The van der Waals surface area contributed by atoms with E-state index in [-0.39, 0.29) is 21.8 Å². The Bertz CT molecular complexity index is 1060. The maximum Gasteiger partial charge on any atom is 0.274 e. The van der Waals surface area contributed by atoms with Gasteiger partial charge in [0, 0.05) is 36.0 Å². The zero-order chi connectivity index (χ0) is 21.2. The van der Waals surface area contributed by atoms with Crippen LogP contribution in [0.1, 0.15) is 40.7 Å². The van der Waals surface area contributed by atoms with Gasteiger partial charge in [0.2, 0.25) is 10.0 Å². The Balaban J connectivity index is 1.88. The Morgan fingerprint density at radius 3 is 2.34 bits per heavy atom. The maximum absolute atomic E-state index is 13.0. The van der Waals surface area contributed by atoms with E-state index in [4.69, 9.17) is 0 Å². The zero-order valence-corrected chi connectivity index (χ0v) is 17.2. The molecule has 0 aromatic heterocycles. The molecule has 1 amide bonds. The fourth-order valence-corrected chi connectivity index (χ4v) is 5.12. The van der Waals surface area contributed by atoms with E-state index < -0.39 is 20.9 Å². The largest absolute Gasteiger partial charge is 0.322 e. The number of anilines is 1. The average molecular weight is 417 g/mol. The number of benzene rings is 2. The Kier molecular flexibility index (Phi) is 5.99. The molecule has 0 radical (unpaired) electrons. The van der Waals surface area contributed by atoms with Crippen molar-refractivity contribution in [1.29, 1.82) is 0 Å². The van der Waals surface area contributed by atoms with Gasteiger partial charge < -0.3 is 5.32 Å². The van der Waals surface area contributed by atoms with Gasteiger partial charge in [-0.25, -0.2) is 8.42 Å². The van der Waals surface area contributed by atoms with E-state index >= 15 is 0 Å². The topological polar surface area (TPSA) is 110 Å². The molecule has 154 valence electrons. The van der Waals surface area contributed by atoms with Gasteiger partial charge in [0.15, 0.2) is 0 Å². The molecule has 0 aliphatic carbocycles. The van der Waals surface area contributed by atoms with Crippen LogP contribution in [0.2, 0.25) is 0 Å². The van der Waals surface area contributed by atoms with Crippen LogP contribution in [0, 0.1) is 24.0 Å². The average Bonchev–Trinajstić information content (AvgIpc) is 2.70. The number of nitro groups is 1. The smallest absolute Gasteiger partial charge is 0.274 e. The molecular weight excluding hydrogens is 394 g/mol. The van der Waals surface area contributed by atoms with Crippen LogP contribution in [0.25, 0.3) is 0 Å².